The van der Waals surface area contributed by atoms with Gasteiger partial charge in [0.15, 0.2) is 0 Å². The fraction of sp³-hybridized carbons (Fsp3) is 0.700. The molecule has 0 saturated carbocycles. The van der Waals surface area contributed by atoms with Gasteiger partial charge in [0.05, 0.1) is 0 Å². The van der Waals surface area contributed by atoms with Gasteiger partial charge in [0.1, 0.15) is 5.82 Å². The molecule has 7 heteroatoms. The molecule has 3 N–H and O–H groups in total. The number of halogens is 1. The van der Waals surface area contributed by atoms with Gasteiger partial charge in [-0.25, -0.2) is 4.98 Å². The van der Waals surface area contributed by atoms with Crippen molar-refractivity contribution in [1.29, 1.82) is 0 Å². The Morgan fingerprint density at radius 1 is 1.53 bits per heavy atom. The number of amides is 1. The van der Waals surface area contributed by atoms with Crippen molar-refractivity contribution in [2.45, 2.75) is 33.1 Å². The fourth-order valence-corrected chi connectivity index (χ4v) is 1.68. The number of anilines is 1. The predicted octanol–water partition coefficient (Wildman–Crippen LogP) is 1.79. The third-order valence-corrected chi connectivity index (χ3v) is 2.76. The monoisotopic (exact) mass is 278 g/mol. The minimum absolute atomic E-state index is 0. The standard InChI is InChI=1S/C10H18N4OS.ClH/c1-6(5-11)7(15)12-9-13-8(14-16-9)10(2,3)4;/h6H,5,11H2,1-4H3,(H,12,13,14,15);1H. The maximum atomic E-state index is 11.6. The molecule has 1 heterocycles. The SMILES string of the molecule is CC(CN)C(=O)Nc1nc(C(C)(C)C)ns1.Cl. The lowest BCUT2D eigenvalue weighted by molar-refractivity contribution is -0.119. The van der Waals surface area contributed by atoms with E-state index < -0.39 is 0 Å². The lowest BCUT2D eigenvalue weighted by Crippen LogP contribution is -2.26. The average molecular weight is 279 g/mol. The zero-order valence-electron chi connectivity index (χ0n) is 10.5. The number of nitrogens with zero attached hydrogens (tertiary/aromatic N) is 2. The normalized spacial score (nSPS) is 12.8. The topological polar surface area (TPSA) is 80.9 Å². The van der Waals surface area contributed by atoms with E-state index in [-0.39, 0.29) is 29.6 Å². The largest absolute Gasteiger partial charge is 0.330 e. The van der Waals surface area contributed by atoms with Crippen LogP contribution in [0.4, 0.5) is 5.13 Å². The molecule has 1 atom stereocenters. The second-order valence-electron chi connectivity index (χ2n) is 4.80. The molecule has 0 aliphatic carbocycles. The summed E-state index contributed by atoms with van der Waals surface area (Å²) in [5.74, 6) is 0.425. The summed E-state index contributed by atoms with van der Waals surface area (Å²) in [4.78, 5) is 15.8. The maximum Gasteiger partial charge on any atom is 0.230 e. The van der Waals surface area contributed by atoms with Gasteiger partial charge in [-0.3, -0.25) is 4.79 Å². The highest BCUT2D eigenvalue weighted by molar-refractivity contribution is 7.09. The molecule has 98 valence electrons. The summed E-state index contributed by atoms with van der Waals surface area (Å²) in [6.07, 6.45) is 0. The van der Waals surface area contributed by atoms with Gasteiger partial charge in [-0.15, -0.1) is 12.4 Å². The molecule has 0 spiro atoms. The molecule has 1 aromatic heterocycles. The van der Waals surface area contributed by atoms with E-state index in [0.717, 1.165) is 5.82 Å². The van der Waals surface area contributed by atoms with Gasteiger partial charge < -0.3 is 11.1 Å². The molecule has 0 aliphatic rings. The Balaban J connectivity index is 0.00000256. The van der Waals surface area contributed by atoms with Crippen LogP contribution >= 0.6 is 23.9 Å². The second kappa shape index (κ2) is 6.28. The summed E-state index contributed by atoms with van der Waals surface area (Å²) >= 11 is 1.20. The molecule has 0 aliphatic heterocycles. The third kappa shape index (κ3) is 4.57. The van der Waals surface area contributed by atoms with E-state index in [0.29, 0.717) is 11.7 Å². The van der Waals surface area contributed by atoms with Crippen LogP contribution in [-0.2, 0) is 10.2 Å². The minimum atomic E-state index is -0.206. The Kier molecular flexibility index (Phi) is 6.01. The van der Waals surface area contributed by atoms with Crippen molar-refractivity contribution >= 4 is 35.0 Å². The molecule has 0 radical (unpaired) electrons. The summed E-state index contributed by atoms with van der Waals surface area (Å²) in [5.41, 5.74) is 5.31. The highest BCUT2D eigenvalue weighted by Gasteiger charge is 2.20. The first kappa shape index (κ1) is 16.3. The van der Waals surface area contributed by atoms with Crippen LogP contribution in [-0.4, -0.2) is 21.8 Å². The van der Waals surface area contributed by atoms with Gasteiger partial charge in [0, 0.05) is 29.4 Å². The molecule has 5 nitrogen and oxygen atoms in total. The van der Waals surface area contributed by atoms with Crippen LogP contribution in [0.5, 0.6) is 0 Å². The Labute approximate surface area is 112 Å². The Hall–Kier alpha value is -0.720. The average Bonchev–Trinajstić information content (AvgIpc) is 2.64. The Bertz CT molecular complexity index is 375. The van der Waals surface area contributed by atoms with E-state index in [9.17, 15) is 4.79 Å². The molecule has 0 fully saturated rings. The highest BCUT2D eigenvalue weighted by Crippen LogP contribution is 2.23. The molecular formula is C10H19ClN4OS. The van der Waals surface area contributed by atoms with Crippen molar-refractivity contribution in [3.8, 4) is 0 Å². The smallest absolute Gasteiger partial charge is 0.230 e. The van der Waals surface area contributed by atoms with Crippen molar-refractivity contribution in [2.75, 3.05) is 11.9 Å². The molecule has 0 aromatic carbocycles. The number of hydrogen-bond donors (Lipinski definition) is 2. The summed E-state index contributed by atoms with van der Waals surface area (Å²) in [6.45, 7) is 8.20. The number of rotatable bonds is 3. The van der Waals surface area contributed by atoms with Gasteiger partial charge in [-0.05, 0) is 0 Å². The van der Waals surface area contributed by atoms with Gasteiger partial charge in [-0.2, -0.15) is 4.37 Å². The molecule has 0 saturated heterocycles. The van der Waals surface area contributed by atoms with E-state index in [1.54, 1.807) is 6.92 Å². The predicted molar refractivity (Wildman–Crippen MR) is 72.7 cm³/mol. The van der Waals surface area contributed by atoms with Crippen molar-refractivity contribution in [3.05, 3.63) is 5.82 Å². The molecule has 17 heavy (non-hydrogen) atoms. The van der Waals surface area contributed by atoms with E-state index in [4.69, 9.17) is 5.73 Å². The maximum absolute atomic E-state index is 11.6. The second-order valence-corrected chi connectivity index (χ2v) is 5.55. The van der Waals surface area contributed by atoms with Crippen molar-refractivity contribution in [2.24, 2.45) is 11.7 Å². The van der Waals surface area contributed by atoms with Crippen LogP contribution in [0.1, 0.15) is 33.5 Å². The van der Waals surface area contributed by atoms with Gasteiger partial charge in [0.25, 0.3) is 0 Å². The van der Waals surface area contributed by atoms with Crippen LogP contribution in [0.3, 0.4) is 0 Å². The van der Waals surface area contributed by atoms with E-state index in [2.05, 4.69) is 14.7 Å². The first-order chi connectivity index (χ1) is 7.34. The van der Waals surface area contributed by atoms with Crippen molar-refractivity contribution < 1.29 is 4.79 Å². The first-order valence-electron chi connectivity index (χ1n) is 5.19. The summed E-state index contributed by atoms with van der Waals surface area (Å²) in [6, 6.07) is 0. The third-order valence-electron chi connectivity index (χ3n) is 2.13. The van der Waals surface area contributed by atoms with E-state index >= 15 is 0 Å². The Morgan fingerprint density at radius 3 is 2.53 bits per heavy atom. The lowest BCUT2D eigenvalue weighted by atomic mass is 9.96. The summed E-state index contributed by atoms with van der Waals surface area (Å²) < 4.78 is 4.21. The Morgan fingerprint density at radius 2 is 2.12 bits per heavy atom. The molecule has 0 bridgehead atoms. The van der Waals surface area contributed by atoms with Gasteiger partial charge in [0.2, 0.25) is 11.0 Å². The van der Waals surface area contributed by atoms with Gasteiger partial charge >= 0.3 is 0 Å². The number of aromatic nitrogens is 2. The number of carbonyl (C=O) groups is 1. The summed E-state index contributed by atoms with van der Waals surface area (Å²) in [7, 11) is 0. The first-order valence-corrected chi connectivity index (χ1v) is 5.97. The quantitative estimate of drug-likeness (QED) is 0.883. The van der Waals surface area contributed by atoms with Crippen LogP contribution in [0.15, 0.2) is 0 Å². The van der Waals surface area contributed by atoms with E-state index in [1.807, 2.05) is 20.8 Å². The number of carbonyl (C=O) groups excluding carboxylic acids is 1. The number of nitrogens with one attached hydrogen (secondary N) is 1. The van der Waals surface area contributed by atoms with Crippen LogP contribution < -0.4 is 11.1 Å². The summed E-state index contributed by atoms with van der Waals surface area (Å²) in [5, 5.41) is 3.25. The molecule has 1 amide bonds. The zero-order valence-corrected chi connectivity index (χ0v) is 12.1. The minimum Gasteiger partial charge on any atom is -0.330 e. The molecule has 1 rings (SSSR count). The fourth-order valence-electron chi connectivity index (χ4n) is 0.915. The van der Waals surface area contributed by atoms with Crippen molar-refractivity contribution in [1.82, 2.24) is 9.36 Å². The highest BCUT2D eigenvalue weighted by atomic mass is 35.5. The van der Waals surface area contributed by atoms with Gasteiger partial charge in [-0.1, -0.05) is 27.7 Å². The molecule has 1 aromatic rings. The molecule has 1 unspecified atom stereocenters. The zero-order chi connectivity index (χ0) is 12.3. The number of hydrogen-bond acceptors (Lipinski definition) is 5. The van der Waals surface area contributed by atoms with Crippen LogP contribution in [0.25, 0.3) is 0 Å². The van der Waals surface area contributed by atoms with Crippen LogP contribution in [0.2, 0.25) is 0 Å². The van der Waals surface area contributed by atoms with Crippen molar-refractivity contribution in [3.63, 3.8) is 0 Å². The van der Waals surface area contributed by atoms with Crippen LogP contribution in [0, 0.1) is 5.92 Å². The number of nitrogens with two attached hydrogens (primary N) is 1. The molecular weight excluding hydrogens is 260 g/mol. The van der Waals surface area contributed by atoms with E-state index in [1.165, 1.54) is 11.5 Å². The lowest BCUT2D eigenvalue weighted by Gasteiger charge is -2.12.